The molecule has 0 spiro atoms. The van der Waals surface area contributed by atoms with Gasteiger partial charge in [0.2, 0.25) is 0 Å². The second kappa shape index (κ2) is 3.58. The molecule has 1 unspecified atom stereocenters. The average Bonchev–Trinajstić information content (AvgIpc) is 2.08. The number of alkyl halides is 1. The van der Waals surface area contributed by atoms with Crippen LogP contribution in [-0.2, 0) is 0 Å². The van der Waals surface area contributed by atoms with E-state index in [-0.39, 0.29) is 5.56 Å². The van der Waals surface area contributed by atoms with Crippen LogP contribution >= 0.6 is 11.6 Å². The predicted octanol–water partition coefficient (Wildman–Crippen LogP) is 2.97. The Kier molecular flexibility index (Phi) is 2.70. The van der Waals surface area contributed by atoms with Gasteiger partial charge in [0.1, 0.15) is 0 Å². The van der Waals surface area contributed by atoms with Crippen LogP contribution < -0.4 is 0 Å². The molecule has 5 heteroatoms. The van der Waals surface area contributed by atoms with E-state index < -0.39 is 17.1 Å². The first kappa shape index (κ1) is 9.06. The quantitative estimate of drug-likeness (QED) is 0.401. The number of nitroso groups, excluding NO2 is 1. The highest BCUT2D eigenvalue weighted by Gasteiger charge is 2.15. The Morgan fingerprint density at radius 1 is 1.42 bits per heavy atom. The molecule has 0 saturated heterocycles. The van der Waals surface area contributed by atoms with Crippen molar-refractivity contribution in [3.63, 3.8) is 0 Å². The van der Waals surface area contributed by atoms with E-state index in [2.05, 4.69) is 5.18 Å². The molecule has 12 heavy (non-hydrogen) atoms. The molecule has 1 atom stereocenters. The second-order valence-corrected chi connectivity index (χ2v) is 2.50. The molecule has 0 aliphatic rings. The first-order chi connectivity index (χ1) is 5.66. The van der Waals surface area contributed by atoms with E-state index in [4.69, 9.17) is 11.6 Å². The lowest BCUT2D eigenvalue weighted by Gasteiger charge is -2.02. The molecule has 0 aromatic heterocycles. The van der Waals surface area contributed by atoms with E-state index in [1.165, 1.54) is 12.1 Å². The van der Waals surface area contributed by atoms with Gasteiger partial charge in [0, 0.05) is 5.56 Å². The molecule has 0 N–H and O–H groups in total. The van der Waals surface area contributed by atoms with Gasteiger partial charge in [0.25, 0.3) is 0 Å². The summed E-state index contributed by atoms with van der Waals surface area (Å²) in [5.41, 5.74) is -1.62. The molecule has 1 aromatic carbocycles. The van der Waals surface area contributed by atoms with Crippen molar-refractivity contribution >= 4 is 11.6 Å². The molecule has 0 heterocycles. The van der Waals surface area contributed by atoms with Crippen molar-refractivity contribution in [2.45, 2.75) is 5.50 Å². The Bertz CT molecular complexity index is 305. The molecule has 64 valence electrons. The summed E-state index contributed by atoms with van der Waals surface area (Å²) in [5.74, 6) is -2.17. The first-order valence-corrected chi connectivity index (χ1v) is 3.51. The Labute approximate surface area is 72.1 Å². The number of halogens is 3. The Morgan fingerprint density at radius 3 is 2.67 bits per heavy atom. The van der Waals surface area contributed by atoms with E-state index in [0.717, 1.165) is 6.07 Å². The summed E-state index contributed by atoms with van der Waals surface area (Å²) in [7, 11) is 0. The largest absolute Gasteiger partial charge is 0.204 e. The van der Waals surface area contributed by atoms with Crippen LogP contribution in [0.4, 0.5) is 8.78 Å². The van der Waals surface area contributed by atoms with Gasteiger partial charge in [0.05, 0.1) is 0 Å². The van der Waals surface area contributed by atoms with Crippen LogP contribution in [0.2, 0.25) is 0 Å². The number of hydrogen-bond acceptors (Lipinski definition) is 2. The minimum Gasteiger partial charge on any atom is -0.204 e. The molecule has 0 bridgehead atoms. The third-order valence-electron chi connectivity index (χ3n) is 1.33. The maximum absolute atomic E-state index is 12.8. The minimum absolute atomic E-state index is 0.244. The van der Waals surface area contributed by atoms with Gasteiger partial charge in [-0.15, -0.1) is 4.91 Å². The standard InChI is InChI=1S/C7H4ClF2NO/c8-7(11-12)4-2-1-3-5(9)6(4)10/h1-3,7H. The van der Waals surface area contributed by atoms with Gasteiger partial charge in [-0.1, -0.05) is 23.7 Å². The molecule has 0 saturated carbocycles. The van der Waals surface area contributed by atoms with Crippen molar-refractivity contribution < 1.29 is 8.78 Å². The van der Waals surface area contributed by atoms with Crippen molar-refractivity contribution in [1.82, 2.24) is 0 Å². The maximum atomic E-state index is 12.8. The van der Waals surface area contributed by atoms with Gasteiger partial charge >= 0.3 is 0 Å². The van der Waals surface area contributed by atoms with Gasteiger partial charge in [0.15, 0.2) is 17.1 Å². The van der Waals surface area contributed by atoms with Crippen LogP contribution in [0.25, 0.3) is 0 Å². The number of nitrogens with zero attached hydrogens (tertiary/aromatic N) is 1. The van der Waals surface area contributed by atoms with E-state index in [0.29, 0.717) is 0 Å². The number of benzene rings is 1. The molecule has 2 nitrogen and oxygen atoms in total. The molecule has 1 rings (SSSR count). The molecule has 1 aromatic rings. The van der Waals surface area contributed by atoms with Gasteiger partial charge in [-0.2, -0.15) is 0 Å². The molecule has 0 aliphatic heterocycles. The maximum Gasteiger partial charge on any atom is 0.193 e. The lowest BCUT2D eigenvalue weighted by Crippen LogP contribution is -1.94. The van der Waals surface area contributed by atoms with Crippen LogP contribution in [0, 0.1) is 16.5 Å². The zero-order chi connectivity index (χ0) is 9.14. The van der Waals surface area contributed by atoms with Crippen molar-refractivity contribution in [2.75, 3.05) is 0 Å². The fourth-order valence-corrected chi connectivity index (χ4v) is 0.930. The molecule has 0 amide bonds. The van der Waals surface area contributed by atoms with Crippen molar-refractivity contribution in [3.8, 4) is 0 Å². The zero-order valence-electron chi connectivity index (χ0n) is 5.80. The average molecular weight is 192 g/mol. The van der Waals surface area contributed by atoms with Crippen LogP contribution in [0.3, 0.4) is 0 Å². The lowest BCUT2D eigenvalue weighted by atomic mass is 10.2. The van der Waals surface area contributed by atoms with Gasteiger partial charge in [-0.25, -0.2) is 8.78 Å². The predicted molar refractivity (Wildman–Crippen MR) is 40.7 cm³/mol. The fourth-order valence-electron chi connectivity index (χ4n) is 0.761. The second-order valence-electron chi connectivity index (χ2n) is 2.08. The molecular weight excluding hydrogens is 188 g/mol. The summed E-state index contributed by atoms with van der Waals surface area (Å²) in [6.07, 6.45) is 0. The van der Waals surface area contributed by atoms with Crippen LogP contribution in [0.5, 0.6) is 0 Å². The Morgan fingerprint density at radius 2 is 2.08 bits per heavy atom. The number of hydrogen-bond donors (Lipinski definition) is 0. The minimum atomic E-state index is -1.37. The lowest BCUT2D eigenvalue weighted by molar-refractivity contribution is 0.498. The molecule has 0 aliphatic carbocycles. The third kappa shape index (κ3) is 1.58. The molecular formula is C7H4ClF2NO. The Hall–Kier alpha value is -1.03. The summed E-state index contributed by atoms with van der Waals surface area (Å²) in [5, 5.41) is 2.37. The first-order valence-electron chi connectivity index (χ1n) is 3.07. The van der Waals surface area contributed by atoms with Gasteiger partial charge in [-0.3, -0.25) is 0 Å². The highest BCUT2D eigenvalue weighted by molar-refractivity contribution is 6.20. The summed E-state index contributed by atoms with van der Waals surface area (Å²) in [6, 6.07) is 3.40. The Balaban J connectivity index is 3.15. The molecule has 0 fully saturated rings. The highest BCUT2D eigenvalue weighted by atomic mass is 35.5. The van der Waals surface area contributed by atoms with Gasteiger partial charge < -0.3 is 0 Å². The van der Waals surface area contributed by atoms with E-state index in [1.807, 2.05) is 0 Å². The van der Waals surface area contributed by atoms with Crippen molar-refractivity contribution in [1.29, 1.82) is 0 Å². The van der Waals surface area contributed by atoms with E-state index in [9.17, 15) is 13.7 Å². The number of rotatable bonds is 2. The van der Waals surface area contributed by atoms with Gasteiger partial charge in [-0.05, 0) is 11.2 Å². The topological polar surface area (TPSA) is 29.4 Å². The monoisotopic (exact) mass is 191 g/mol. The van der Waals surface area contributed by atoms with Crippen LogP contribution in [0.15, 0.2) is 23.4 Å². The zero-order valence-corrected chi connectivity index (χ0v) is 6.55. The normalized spacial score (nSPS) is 12.6. The van der Waals surface area contributed by atoms with Crippen molar-refractivity contribution in [3.05, 3.63) is 40.3 Å². The van der Waals surface area contributed by atoms with Crippen LogP contribution in [0.1, 0.15) is 11.1 Å². The highest BCUT2D eigenvalue weighted by Crippen LogP contribution is 2.25. The summed E-state index contributed by atoms with van der Waals surface area (Å²) in [4.78, 5) is 9.90. The van der Waals surface area contributed by atoms with E-state index >= 15 is 0 Å². The fraction of sp³-hybridized carbons (Fsp3) is 0.143. The third-order valence-corrected chi connectivity index (χ3v) is 1.65. The van der Waals surface area contributed by atoms with Crippen molar-refractivity contribution in [2.24, 2.45) is 5.18 Å². The summed E-state index contributed by atoms with van der Waals surface area (Å²) >= 11 is 5.28. The smallest absolute Gasteiger partial charge is 0.193 e. The summed E-state index contributed by atoms with van der Waals surface area (Å²) < 4.78 is 25.3. The summed E-state index contributed by atoms with van der Waals surface area (Å²) in [6.45, 7) is 0. The SMILES string of the molecule is O=NC(Cl)c1cccc(F)c1F. The van der Waals surface area contributed by atoms with E-state index in [1.54, 1.807) is 0 Å². The van der Waals surface area contributed by atoms with Crippen LogP contribution in [-0.4, -0.2) is 0 Å². The molecule has 0 radical (unpaired) electrons.